The van der Waals surface area contributed by atoms with E-state index in [2.05, 4.69) is 25.1 Å². The fraction of sp³-hybridized carbons (Fsp3) is 0.522. The summed E-state index contributed by atoms with van der Waals surface area (Å²) < 4.78 is 46.3. The minimum atomic E-state index is -3.79. The Hall–Kier alpha value is -2.51. The summed E-state index contributed by atoms with van der Waals surface area (Å²) in [4.78, 5) is 12.6. The highest BCUT2D eigenvalue weighted by atomic mass is 35.5. The van der Waals surface area contributed by atoms with E-state index in [0.29, 0.717) is 36.5 Å². The van der Waals surface area contributed by atoms with Crippen molar-refractivity contribution in [2.75, 3.05) is 26.9 Å². The zero-order chi connectivity index (χ0) is 25.3. The first-order chi connectivity index (χ1) is 17.4. The van der Waals surface area contributed by atoms with E-state index in [9.17, 15) is 8.42 Å². The number of hydrogen-bond donors (Lipinski definition) is 0. The normalized spacial score (nSPS) is 21.1. The monoisotopic (exact) mass is 534 g/mol. The molecule has 0 radical (unpaired) electrons. The van der Waals surface area contributed by atoms with Crippen molar-refractivity contribution in [3.05, 3.63) is 65.0 Å². The smallest absolute Gasteiger partial charge is 0.165 e. The van der Waals surface area contributed by atoms with Crippen LogP contribution in [-0.4, -0.2) is 70.3 Å². The molecule has 13 heteroatoms. The maximum Gasteiger partial charge on any atom is 0.165 e. The Morgan fingerprint density at radius 2 is 2.00 bits per heavy atom. The van der Waals surface area contributed by atoms with E-state index in [0.717, 1.165) is 18.4 Å². The maximum absolute atomic E-state index is 13.7. The van der Waals surface area contributed by atoms with Crippen LogP contribution in [0.5, 0.6) is 0 Å². The Bertz CT molecular complexity index is 1290. The summed E-state index contributed by atoms with van der Waals surface area (Å²) in [5.41, 5.74) is 0.487. The van der Waals surface area contributed by atoms with Crippen molar-refractivity contribution in [3.63, 3.8) is 0 Å². The highest BCUT2D eigenvalue weighted by Crippen LogP contribution is 2.51. The zero-order valence-corrected chi connectivity index (χ0v) is 21.5. The molecule has 192 valence electrons. The van der Waals surface area contributed by atoms with E-state index >= 15 is 0 Å². The van der Waals surface area contributed by atoms with Gasteiger partial charge in [-0.25, -0.2) is 18.4 Å². The lowest BCUT2D eigenvalue weighted by atomic mass is 10.1. The molecule has 0 bridgehead atoms. The molecule has 36 heavy (non-hydrogen) atoms. The number of pyridine rings is 1. The lowest BCUT2D eigenvalue weighted by Gasteiger charge is -2.28. The average molecular weight is 535 g/mol. The molecule has 5 rings (SSSR count). The number of hydrogen-bond acceptors (Lipinski definition) is 10. The average Bonchev–Trinajstić information content (AvgIpc) is 3.60. The summed E-state index contributed by atoms with van der Waals surface area (Å²) in [6, 6.07) is 3.86. The van der Waals surface area contributed by atoms with Crippen LogP contribution in [0.3, 0.4) is 0 Å². The molecule has 0 spiro atoms. The Morgan fingerprint density at radius 3 is 2.61 bits per heavy atom. The Kier molecular flexibility index (Phi) is 7.05. The fourth-order valence-electron chi connectivity index (χ4n) is 4.61. The molecule has 4 heterocycles. The topological polar surface area (TPSA) is 131 Å². The standard InChI is InChI=1S/C23H27ClN6O5S/c1-15(20(33-2)21-26-11-17(24)12-27-21)36(31,32)14-19-28-29-22(18-13-34-8-9-35-18)30(19)23(5-6-23)16-4-3-7-25-10-16/h3-4,7,10-12,15,18,20H,5-6,8-9,13-14H2,1-2H3/t15-,18+,20-/m0/s1. The fourth-order valence-corrected chi connectivity index (χ4v) is 6.13. The molecule has 0 amide bonds. The molecule has 0 N–H and O–H groups in total. The molecule has 1 saturated heterocycles. The molecule has 0 aromatic carbocycles. The largest absolute Gasteiger partial charge is 0.376 e. The Labute approximate surface area is 214 Å². The second kappa shape index (κ2) is 10.1. The summed E-state index contributed by atoms with van der Waals surface area (Å²) in [6.45, 7) is 2.83. The Morgan fingerprint density at radius 1 is 1.22 bits per heavy atom. The molecule has 3 aromatic heterocycles. The van der Waals surface area contributed by atoms with Gasteiger partial charge in [0.25, 0.3) is 0 Å². The molecular weight excluding hydrogens is 508 g/mol. The molecule has 1 aliphatic carbocycles. The van der Waals surface area contributed by atoms with Gasteiger partial charge in [-0.1, -0.05) is 17.7 Å². The van der Waals surface area contributed by atoms with E-state index in [4.69, 9.17) is 25.8 Å². The number of rotatable bonds is 9. The lowest BCUT2D eigenvalue weighted by Crippen LogP contribution is -2.33. The first-order valence-corrected chi connectivity index (χ1v) is 13.7. The zero-order valence-electron chi connectivity index (χ0n) is 19.9. The predicted molar refractivity (Wildman–Crippen MR) is 129 cm³/mol. The van der Waals surface area contributed by atoms with Gasteiger partial charge in [0.15, 0.2) is 21.5 Å². The van der Waals surface area contributed by atoms with E-state index < -0.39 is 32.8 Å². The van der Waals surface area contributed by atoms with Crippen LogP contribution >= 0.6 is 11.6 Å². The maximum atomic E-state index is 13.7. The van der Waals surface area contributed by atoms with Gasteiger partial charge in [0, 0.05) is 31.9 Å². The van der Waals surface area contributed by atoms with Crippen molar-refractivity contribution in [1.29, 1.82) is 0 Å². The molecule has 1 aliphatic heterocycles. The van der Waals surface area contributed by atoms with Gasteiger partial charge >= 0.3 is 0 Å². The van der Waals surface area contributed by atoms with Crippen LogP contribution in [0.25, 0.3) is 0 Å². The van der Waals surface area contributed by atoms with Crippen LogP contribution in [-0.2, 0) is 35.3 Å². The highest BCUT2D eigenvalue weighted by Gasteiger charge is 2.51. The summed E-state index contributed by atoms with van der Waals surface area (Å²) in [7, 11) is -2.36. The third kappa shape index (κ3) is 4.75. The van der Waals surface area contributed by atoms with Crippen LogP contribution in [0.4, 0.5) is 0 Å². The third-order valence-corrected chi connectivity index (χ3v) is 8.92. The van der Waals surface area contributed by atoms with E-state index in [1.165, 1.54) is 19.5 Å². The van der Waals surface area contributed by atoms with Crippen molar-refractivity contribution in [3.8, 4) is 0 Å². The Balaban J connectivity index is 1.51. The third-order valence-electron chi connectivity index (χ3n) is 6.68. The van der Waals surface area contributed by atoms with Gasteiger partial charge in [-0.05, 0) is 31.4 Å². The van der Waals surface area contributed by atoms with Crippen molar-refractivity contribution in [1.82, 2.24) is 29.7 Å². The van der Waals surface area contributed by atoms with Crippen LogP contribution in [0.1, 0.15) is 55.0 Å². The van der Waals surface area contributed by atoms with Crippen LogP contribution in [0, 0.1) is 0 Å². The molecule has 2 fully saturated rings. The van der Waals surface area contributed by atoms with Crippen molar-refractivity contribution in [2.24, 2.45) is 0 Å². The molecule has 3 aromatic rings. The summed E-state index contributed by atoms with van der Waals surface area (Å²) >= 11 is 5.89. The molecule has 0 unspecified atom stereocenters. The quantitative estimate of drug-likeness (QED) is 0.403. The number of ether oxygens (including phenoxy) is 3. The van der Waals surface area contributed by atoms with Crippen molar-refractivity contribution >= 4 is 21.4 Å². The molecule has 3 atom stereocenters. The molecule has 2 aliphatic rings. The number of nitrogens with zero attached hydrogens (tertiary/aromatic N) is 6. The number of sulfone groups is 1. The summed E-state index contributed by atoms with van der Waals surface area (Å²) in [6.07, 6.45) is 6.62. The first-order valence-electron chi connectivity index (χ1n) is 11.6. The number of aromatic nitrogens is 6. The summed E-state index contributed by atoms with van der Waals surface area (Å²) in [5, 5.41) is 8.14. The van der Waals surface area contributed by atoms with Gasteiger partial charge in [0.05, 0.1) is 35.6 Å². The van der Waals surface area contributed by atoms with Crippen LogP contribution < -0.4 is 0 Å². The molecule has 1 saturated carbocycles. The van der Waals surface area contributed by atoms with Gasteiger partial charge in [0.2, 0.25) is 0 Å². The SMILES string of the molecule is CO[C@H](c1ncc(Cl)cn1)[C@H](C)S(=O)(=O)Cc1nnc([C@H]2COCCO2)n1C1(c2cccnc2)CC1. The minimum Gasteiger partial charge on any atom is -0.376 e. The van der Waals surface area contributed by atoms with E-state index in [-0.39, 0.29) is 11.6 Å². The van der Waals surface area contributed by atoms with Crippen molar-refractivity contribution in [2.45, 2.75) is 48.5 Å². The first kappa shape index (κ1) is 25.2. The highest BCUT2D eigenvalue weighted by molar-refractivity contribution is 7.91. The summed E-state index contributed by atoms with van der Waals surface area (Å²) in [5.74, 6) is 0.781. The van der Waals surface area contributed by atoms with E-state index in [1.807, 2.05) is 16.7 Å². The second-order valence-corrected chi connectivity index (χ2v) is 11.7. The lowest BCUT2D eigenvalue weighted by molar-refractivity contribution is -0.0952. The van der Waals surface area contributed by atoms with Crippen LogP contribution in [0.2, 0.25) is 5.02 Å². The van der Waals surface area contributed by atoms with Crippen LogP contribution in [0.15, 0.2) is 36.9 Å². The second-order valence-electron chi connectivity index (χ2n) is 8.95. The van der Waals surface area contributed by atoms with Gasteiger partial charge in [0.1, 0.15) is 23.8 Å². The molecule has 11 nitrogen and oxygen atoms in total. The van der Waals surface area contributed by atoms with Gasteiger partial charge in [-0.15, -0.1) is 10.2 Å². The van der Waals surface area contributed by atoms with Gasteiger partial charge < -0.3 is 18.8 Å². The number of methoxy groups -OCH3 is 1. The van der Waals surface area contributed by atoms with E-state index in [1.54, 1.807) is 19.3 Å². The number of halogens is 1. The van der Waals surface area contributed by atoms with Gasteiger partial charge in [-0.3, -0.25) is 4.98 Å². The predicted octanol–water partition coefficient (Wildman–Crippen LogP) is 2.43. The minimum absolute atomic E-state index is 0.238. The molecular formula is C23H27ClN6O5S. The van der Waals surface area contributed by atoms with Gasteiger partial charge in [-0.2, -0.15) is 0 Å². The van der Waals surface area contributed by atoms with Crippen molar-refractivity contribution < 1.29 is 22.6 Å².